The highest BCUT2D eigenvalue weighted by Crippen LogP contribution is 2.31. The maximum Gasteiger partial charge on any atom is 0.141 e. The van der Waals surface area contributed by atoms with E-state index in [1.54, 1.807) is 11.0 Å². The van der Waals surface area contributed by atoms with Crippen LogP contribution in [-0.2, 0) is 12.1 Å². The van der Waals surface area contributed by atoms with Crippen LogP contribution in [0, 0.1) is 0 Å². The second kappa shape index (κ2) is 6.60. The summed E-state index contributed by atoms with van der Waals surface area (Å²) in [6.45, 7) is 10.4. The number of aromatic nitrogens is 6. The lowest BCUT2D eigenvalue weighted by atomic mass is 9.90. The zero-order valence-electron chi connectivity index (χ0n) is 14.9. The van der Waals surface area contributed by atoms with E-state index >= 15 is 0 Å². The van der Waals surface area contributed by atoms with Gasteiger partial charge in [-0.15, -0.1) is 5.10 Å². The van der Waals surface area contributed by atoms with Crippen LogP contribution in [0.3, 0.4) is 0 Å². The number of hydrogen-bond donors (Lipinski definition) is 1. The van der Waals surface area contributed by atoms with Gasteiger partial charge in [-0.1, -0.05) is 5.21 Å². The predicted octanol–water partition coefficient (Wildman–Crippen LogP) is 1.51. The molecule has 3 rings (SSSR count). The molecule has 1 fully saturated rings. The van der Waals surface area contributed by atoms with Gasteiger partial charge in [0.1, 0.15) is 23.4 Å². The zero-order chi connectivity index (χ0) is 17.3. The molecular weight excluding hydrogens is 306 g/mol. The first kappa shape index (κ1) is 17.0. The highest BCUT2D eigenvalue weighted by Gasteiger charge is 2.38. The summed E-state index contributed by atoms with van der Waals surface area (Å²) in [4.78, 5) is 6.60. The molecule has 0 spiro atoms. The molecule has 0 radical (unpaired) electrons. The first-order valence-electron chi connectivity index (χ1n) is 8.64. The van der Waals surface area contributed by atoms with E-state index in [4.69, 9.17) is 0 Å². The lowest BCUT2D eigenvalue weighted by Crippen LogP contribution is -2.46. The monoisotopic (exact) mass is 333 g/mol. The number of piperidine rings is 1. The molecule has 8 heteroatoms. The van der Waals surface area contributed by atoms with E-state index in [-0.39, 0.29) is 12.1 Å². The van der Waals surface area contributed by atoms with Crippen molar-refractivity contribution >= 4 is 0 Å². The first-order valence-corrected chi connectivity index (χ1v) is 8.64. The Morgan fingerprint density at radius 2 is 2.04 bits per heavy atom. The summed E-state index contributed by atoms with van der Waals surface area (Å²) < 4.78 is 3.73. The minimum absolute atomic E-state index is 0.235. The van der Waals surface area contributed by atoms with Gasteiger partial charge in [-0.05, 0) is 47.1 Å². The van der Waals surface area contributed by atoms with Gasteiger partial charge in [-0.2, -0.15) is 5.10 Å². The Morgan fingerprint density at radius 1 is 1.25 bits per heavy atom. The van der Waals surface area contributed by atoms with Crippen molar-refractivity contribution in [2.75, 3.05) is 13.1 Å². The fourth-order valence-corrected chi connectivity index (χ4v) is 3.23. The molecule has 0 aromatic carbocycles. The smallest absolute Gasteiger partial charge is 0.141 e. The summed E-state index contributed by atoms with van der Waals surface area (Å²) in [5, 5.41) is 23.8. The van der Waals surface area contributed by atoms with Gasteiger partial charge in [0.25, 0.3) is 0 Å². The van der Waals surface area contributed by atoms with Crippen molar-refractivity contribution in [2.24, 2.45) is 0 Å². The summed E-state index contributed by atoms with van der Waals surface area (Å²) in [5.41, 5.74) is -0.292. The fourth-order valence-electron chi connectivity index (χ4n) is 3.23. The summed E-state index contributed by atoms with van der Waals surface area (Å²) in [6, 6.07) is 0.510. The van der Waals surface area contributed by atoms with Gasteiger partial charge >= 0.3 is 0 Å². The largest absolute Gasteiger partial charge is 0.382 e. The lowest BCUT2D eigenvalue weighted by Gasteiger charge is -2.37. The molecule has 132 valence electrons. The van der Waals surface area contributed by atoms with Gasteiger partial charge in [0.2, 0.25) is 0 Å². The van der Waals surface area contributed by atoms with Crippen molar-refractivity contribution < 1.29 is 5.11 Å². The Morgan fingerprint density at radius 3 is 2.71 bits per heavy atom. The molecule has 0 amide bonds. The second-order valence-electron chi connectivity index (χ2n) is 7.24. The normalized spacial score (nSPS) is 22.6. The third-order valence-electron chi connectivity index (χ3n) is 4.57. The zero-order valence-corrected chi connectivity index (χ0v) is 14.9. The molecule has 0 bridgehead atoms. The Bertz CT molecular complexity index is 678. The van der Waals surface area contributed by atoms with Crippen LogP contribution in [0.25, 0.3) is 0 Å². The third-order valence-corrected chi connectivity index (χ3v) is 4.57. The van der Waals surface area contributed by atoms with Crippen LogP contribution >= 0.6 is 0 Å². The van der Waals surface area contributed by atoms with Gasteiger partial charge in [0.05, 0.1) is 12.7 Å². The average molecular weight is 333 g/mol. The average Bonchev–Trinajstić information content (AvgIpc) is 3.16. The highest BCUT2D eigenvalue weighted by molar-refractivity contribution is 5.10. The Labute approximate surface area is 142 Å². The Hall–Kier alpha value is -1.80. The van der Waals surface area contributed by atoms with Crippen LogP contribution in [0.5, 0.6) is 0 Å². The van der Waals surface area contributed by atoms with Crippen molar-refractivity contribution in [1.82, 2.24) is 34.7 Å². The fraction of sp³-hybridized carbons (Fsp3) is 0.750. The Balaban J connectivity index is 1.74. The number of β-amino-alcohol motifs (C(OH)–C–C–N with tert-alkyl or cyclic N) is 1. The molecule has 8 nitrogen and oxygen atoms in total. The molecule has 3 heterocycles. The van der Waals surface area contributed by atoms with E-state index in [1.165, 1.54) is 0 Å². The molecule has 1 saturated heterocycles. The number of likely N-dealkylation sites (tertiary alicyclic amines) is 1. The van der Waals surface area contributed by atoms with Crippen LogP contribution in [0.4, 0.5) is 0 Å². The Kier molecular flexibility index (Phi) is 4.69. The second-order valence-corrected chi connectivity index (χ2v) is 7.24. The minimum Gasteiger partial charge on any atom is -0.382 e. The van der Waals surface area contributed by atoms with Crippen LogP contribution in [-0.4, -0.2) is 52.9 Å². The molecular formula is C16H27N7O. The third kappa shape index (κ3) is 3.34. The van der Waals surface area contributed by atoms with Crippen molar-refractivity contribution in [3.63, 3.8) is 0 Å². The van der Waals surface area contributed by atoms with E-state index in [0.717, 1.165) is 18.8 Å². The van der Waals surface area contributed by atoms with Gasteiger partial charge in [0, 0.05) is 18.6 Å². The number of aliphatic hydroxyl groups is 1. The molecule has 2 aromatic heterocycles. The molecule has 1 unspecified atom stereocenters. The van der Waals surface area contributed by atoms with E-state index in [9.17, 15) is 5.11 Å². The quantitative estimate of drug-likeness (QED) is 0.893. The summed E-state index contributed by atoms with van der Waals surface area (Å²) in [5.74, 6) is 0.931. The van der Waals surface area contributed by atoms with Crippen molar-refractivity contribution in [3.8, 4) is 0 Å². The molecule has 24 heavy (non-hydrogen) atoms. The molecule has 1 atom stereocenters. The van der Waals surface area contributed by atoms with Crippen molar-refractivity contribution in [2.45, 2.75) is 64.8 Å². The SMILES string of the molecule is CC(C)n1cc(C2(O)CCCN(Cc3ncnn3C(C)C)C2)nn1. The van der Waals surface area contributed by atoms with Crippen LogP contribution in [0.15, 0.2) is 12.5 Å². The molecule has 1 N–H and O–H groups in total. The maximum atomic E-state index is 11.1. The van der Waals surface area contributed by atoms with Crippen LogP contribution in [0.1, 0.15) is 64.1 Å². The topological polar surface area (TPSA) is 84.9 Å². The molecule has 0 aliphatic carbocycles. The molecule has 1 aliphatic heterocycles. The highest BCUT2D eigenvalue weighted by atomic mass is 16.3. The van der Waals surface area contributed by atoms with Gasteiger partial charge in [0.15, 0.2) is 0 Å². The van der Waals surface area contributed by atoms with Gasteiger partial charge in [-0.25, -0.2) is 14.3 Å². The first-order chi connectivity index (χ1) is 11.4. The van der Waals surface area contributed by atoms with Crippen LogP contribution < -0.4 is 0 Å². The minimum atomic E-state index is -0.950. The summed E-state index contributed by atoms with van der Waals surface area (Å²) in [6.07, 6.45) is 5.09. The van der Waals surface area contributed by atoms with Crippen molar-refractivity contribution in [1.29, 1.82) is 0 Å². The number of rotatable bonds is 5. The van der Waals surface area contributed by atoms with E-state index in [2.05, 4.69) is 53.0 Å². The predicted molar refractivity (Wildman–Crippen MR) is 89.2 cm³/mol. The standard InChI is InChI=1S/C16H27N7O/c1-12(2)22-8-14(19-20-22)16(24)6-5-7-21(10-16)9-15-17-11-18-23(15)13(3)4/h8,11-13,24H,5-7,9-10H2,1-4H3. The summed E-state index contributed by atoms with van der Waals surface area (Å²) >= 11 is 0. The van der Waals surface area contributed by atoms with E-state index < -0.39 is 5.60 Å². The molecule has 0 saturated carbocycles. The van der Waals surface area contributed by atoms with Gasteiger partial charge in [-0.3, -0.25) is 4.90 Å². The number of hydrogen-bond acceptors (Lipinski definition) is 6. The van der Waals surface area contributed by atoms with Gasteiger partial charge < -0.3 is 5.11 Å². The van der Waals surface area contributed by atoms with Crippen molar-refractivity contribution in [3.05, 3.63) is 24.0 Å². The summed E-state index contributed by atoms with van der Waals surface area (Å²) in [7, 11) is 0. The van der Waals surface area contributed by atoms with Crippen LogP contribution in [0.2, 0.25) is 0 Å². The lowest BCUT2D eigenvalue weighted by molar-refractivity contribution is -0.0424. The molecule has 2 aromatic rings. The van der Waals surface area contributed by atoms with E-state index in [1.807, 2.05) is 10.9 Å². The maximum absolute atomic E-state index is 11.1. The van der Waals surface area contributed by atoms with E-state index in [0.29, 0.717) is 25.2 Å². The number of nitrogens with zero attached hydrogens (tertiary/aromatic N) is 7. The molecule has 1 aliphatic rings.